The number of ether oxygens (including phenoxy) is 2. The summed E-state index contributed by atoms with van der Waals surface area (Å²) in [6.07, 6.45) is 5.93. The van der Waals surface area contributed by atoms with Crippen molar-refractivity contribution in [3.8, 4) is 5.75 Å². The van der Waals surface area contributed by atoms with E-state index in [1.807, 2.05) is 20.0 Å². The van der Waals surface area contributed by atoms with Crippen LogP contribution in [0.15, 0.2) is 18.5 Å². The Morgan fingerprint density at radius 2 is 2.00 bits per heavy atom. The average Bonchev–Trinajstić information content (AvgIpc) is 2.42. The lowest BCUT2D eigenvalue weighted by Gasteiger charge is -2.20. The molecule has 1 atom stereocenters. The van der Waals surface area contributed by atoms with E-state index in [9.17, 15) is 0 Å². The summed E-state index contributed by atoms with van der Waals surface area (Å²) in [6.45, 7) is 10.7. The van der Waals surface area contributed by atoms with Gasteiger partial charge in [-0.25, -0.2) is 0 Å². The van der Waals surface area contributed by atoms with Crippen molar-refractivity contribution in [1.29, 1.82) is 0 Å². The Bertz CT molecular complexity index is 369. The average molecular weight is 280 g/mol. The largest absolute Gasteiger partial charge is 0.489 e. The maximum absolute atomic E-state index is 5.70. The van der Waals surface area contributed by atoms with Crippen molar-refractivity contribution in [1.82, 2.24) is 10.3 Å². The third-order valence-corrected chi connectivity index (χ3v) is 2.78. The van der Waals surface area contributed by atoms with Gasteiger partial charge >= 0.3 is 0 Å². The van der Waals surface area contributed by atoms with E-state index in [4.69, 9.17) is 9.47 Å². The minimum absolute atomic E-state index is 0.158. The molecule has 1 N–H and O–H groups in total. The highest BCUT2D eigenvalue weighted by Gasteiger charge is 2.12. The number of nitrogens with zero attached hydrogens (tertiary/aromatic N) is 1. The Kier molecular flexibility index (Phi) is 8.23. The van der Waals surface area contributed by atoms with Gasteiger partial charge in [0.2, 0.25) is 0 Å². The van der Waals surface area contributed by atoms with Crippen LogP contribution in [-0.2, 0) is 4.74 Å². The summed E-state index contributed by atoms with van der Waals surface area (Å²) in [6, 6.07) is 2.22. The van der Waals surface area contributed by atoms with Crippen LogP contribution in [0.25, 0.3) is 0 Å². The summed E-state index contributed by atoms with van der Waals surface area (Å²) >= 11 is 0. The molecule has 0 aliphatic heterocycles. The Morgan fingerprint density at radius 1 is 1.20 bits per heavy atom. The minimum atomic E-state index is 0.158. The van der Waals surface area contributed by atoms with E-state index in [0.29, 0.717) is 6.61 Å². The van der Waals surface area contributed by atoms with Gasteiger partial charge in [0.25, 0.3) is 0 Å². The molecule has 4 heteroatoms. The quantitative estimate of drug-likeness (QED) is 0.668. The molecule has 0 saturated heterocycles. The lowest BCUT2D eigenvalue weighted by molar-refractivity contribution is 0.111. The first kappa shape index (κ1) is 16.9. The molecule has 1 rings (SSSR count). The highest BCUT2D eigenvalue weighted by atomic mass is 16.5. The van der Waals surface area contributed by atoms with Gasteiger partial charge in [-0.3, -0.25) is 4.98 Å². The topological polar surface area (TPSA) is 43.4 Å². The zero-order chi connectivity index (χ0) is 14.8. The smallest absolute Gasteiger partial charge is 0.138 e. The Hall–Kier alpha value is -1.13. The molecule has 0 fully saturated rings. The summed E-state index contributed by atoms with van der Waals surface area (Å²) in [7, 11) is 0. The van der Waals surface area contributed by atoms with Crippen molar-refractivity contribution >= 4 is 0 Å². The lowest BCUT2D eigenvalue weighted by atomic mass is 10.1. The van der Waals surface area contributed by atoms with E-state index in [2.05, 4.69) is 30.2 Å². The third kappa shape index (κ3) is 6.35. The fourth-order valence-corrected chi connectivity index (χ4v) is 1.90. The fourth-order valence-electron chi connectivity index (χ4n) is 1.90. The van der Waals surface area contributed by atoms with E-state index in [1.165, 1.54) is 0 Å². The van der Waals surface area contributed by atoms with Gasteiger partial charge in [0.15, 0.2) is 0 Å². The van der Waals surface area contributed by atoms with Gasteiger partial charge in [0, 0.05) is 12.8 Å². The number of rotatable bonds is 10. The second-order valence-corrected chi connectivity index (χ2v) is 5.20. The van der Waals surface area contributed by atoms with Gasteiger partial charge in [-0.2, -0.15) is 0 Å². The van der Waals surface area contributed by atoms with Crippen molar-refractivity contribution < 1.29 is 9.47 Å². The Balaban J connectivity index is 2.71. The molecule has 1 aromatic heterocycles. The summed E-state index contributed by atoms with van der Waals surface area (Å²) in [5.41, 5.74) is 1.12. The Morgan fingerprint density at radius 3 is 2.65 bits per heavy atom. The van der Waals surface area contributed by atoms with Crippen molar-refractivity contribution in [2.75, 3.05) is 19.8 Å². The van der Waals surface area contributed by atoms with Crippen LogP contribution in [0.3, 0.4) is 0 Å². The van der Waals surface area contributed by atoms with Gasteiger partial charge < -0.3 is 14.8 Å². The first-order valence-corrected chi connectivity index (χ1v) is 7.60. The second-order valence-electron chi connectivity index (χ2n) is 5.20. The zero-order valence-corrected chi connectivity index (χ0v) is 13.2. The standard InChI is InChI=1S/C16H28N2O2/c1-5-7-18-16(12-19-8-6-2)14-9-15(11-17-10-14)20-13(3)4/h9-11,13,16,18H,5-8,12H2,1-4H3. The summed E-state index contributed by atoms with van der Waals surface area (Å²) in [4.78, 5) is 4.27. The molecule has 0 aromatic carbocycles. The van der Waals surface area contributed by atoms with E-state index in [0.717, 1.165) is 37.3 Å². The predicted octanol–water partition coefficient (Wildman–Crippen LogP) is 3.34. The molecule has 114 valence electrons. The van der Waals surface area contributed by atoms with Crippen molar-refractivity contribution in [2.24, 2.45) is 0 Å². The second kappa shape index (κ2) is 9.72. The molecule has 20 heavy (non-hydrogen) atoms. The number of pyridine rings is 1. The SMILES string of the molecule is CCCNC(COCCC)c1cncc(OC(C)C)c1. The first-order valence-electron chi connectivity index (χ1n) is 7.60. The van der Waals surface area contributed by atoms with Crippen LogP contribution in [0.2, 0.25) is 0 Å². The fraction of sp³-hybridized carbons (Fsp3) is 0.688. The van der Waals surface area contributed by atoms with Gasteiger partial charge in [0.1, 0.15) is 5.75 Å². The molecule has 0 spiro atoms. The van der Waals surface area contributed by atoms with E-state index >= 15 is 0 Å². The van der Waals surface area contributed by atoms with Crippen LogP contribution >= 0.6 is 0 Å². The molecule has 1 heterocycles. The monoisotopic (exact) mass is 280 g/mol. The summed E-state index contributed by atoms with van der Waals surface area (Å²) < 4.78 is 11.4. The summed E-state index contributed by atoms with van der Waals surface area (Å²) in [5, 5.41) is 3.50. The van der Waals surface area contributed by atoms with Gasteiger partial charge in [-0.05, 0) is 44.9 Å². The zero-order valence-electron chi connectivity index (χ0n) is 13.2. The molecule has 0 amide bonds. The lowest BCUT2D eigenvalue weighted by Crippen LogP contribution is -2.26. The minimum Gasteiger partial charge on any atom is -0.489 e. The maximum Gasteiger partial charge on any atom is 0.138 e. The number of hydrogen-bond acceptors (Lipinski definition) is 4. The molecule has 1 unspecified atom stereocenters. The van der Waals surface area contributed by atoms with E-state index < -0.39 is 0 Å². The Labute approximate surface area is 122 Å². The molecule has 0 aliphatic rings. The maximum atomic E-state index is 5.70. The van der Waals surface area contributed by atoms with Crippen LogP contribution < -0.4 is 10.1 Å². The molecule has 1 aromatic rings. The van der Waals surface area contributed by atoms with Crippen molar-refractivity contribution in [3.05, 3.63) is 24.0 Å². The van der Waals surface area contributed by atoms with Crippen LogP contribution in [0.1, 0.15) is 52.1 Å². The van der Waals surface area contributed by atoms with E-state index in [-0.39, 0.29) is 12.1 Å². The molecule has 4 nitrogen and oxygen atoms in total. The van der Waals surface area contributed by atoms with Gasteiger partial charge in [-0.15, -0.1) is 0 Å². The predicted molar refractivity (Wildman–Crippen MR) is 82.1 cm³/mol. The highest BCUT2D eigenvalue weighted by Crippen LogP contribution is 2.19. The van der Waals surface area contributed by atoms with Crippen LogP contribution in [0.4, 0.5) is 0 Å². The molecule has 0 bridgehead atoms. The number of nitrogens with one attached hydrogen (secondary N) is 1. The van der Waals surface area contributed by atoms with Crippen molar-refractivity contribution in [2.45, 2.75) is 52.7 Å². The van der Waals surface area contributed by atoms with Gasteiger partial charge in [0.05, 0.1) is 24.9 Å². The molecule has 0 aliphatic carbocycles. The number of aromatic nitrogens is 1. The summed E-state index contributed by atoms with van der Waals surface area (Å²) in [5.74, 6) is 0.816. The van der Waals surface area contributed by atoms with E-state index in [1.54, 1.807) is 6.20 Å². The van der Waals surface area contributed by atoms with Crippen LogP contribution in [0.5, 0.6) is 5.75 Å². The van der Waals surface area contributed by atoms with Crippen LogP contribution in [-0.4, -0.2) is 30.8 Å². The normalized spacial score (nSPS) is 12.7. The van der Waals surface area contributed by atoms with Crippen LogP contribution in [0, 0.1) is 0 Å². The molecule has 0 radical (unpaired) electrons. The molecule has 0 saturated carbocycles. The highest BCUT2D eigenvalue weighted by molar-refractivity contribution is 5.26. The molecular formula is C16H28N2O2. The first-order chi connectivity index (χ1) is 9.67. The number of hydrogen-bond donors (Lipinski definition) is 1. The van der Waals surface area contributed by atoms with Crippen molar-refractivity contribution in [3.63, 3.8) is 0 Å². The van der Waals surface area contributed by atoms with Gasteiger partial charge in [-0.1, -0.05) is 13.8 Å². The molecular weight excluding hydrogens is 252 g/mol. The third-order valence-electron chi connectivity index (χ3n) is 2.78.